The zero-order valence-corrected chi connectivity index (χ0v) is 5.08. The van der Waals surface area contributed by atoms with E-state index in [2.05, 4.69) is 0 Å². The molecule has 2 N–H and O–H groups in total. The van der Waals surface area contributed by atoms with Gasteiger partial charge in [0.15, 0.2) is 0 Å². The molecule has 0 fully saturated rings. The molecule has 0 radical (unpaired) electrons. The average Bonchev–Trinajstić information content (AvgIpc) is 0.722. The van der Waals surface area contributed by atoms with E-state index < -0.39 is 13.6 Å². The first-order valence-corrected chi connectivity index (χ1v) is 2.88. The third-order valence-corrected chi connectivity index (χ3v) is 0. The second-order valence-electron chi connectivity index (χ2n) is 0.448. The van der Waals surface area contributed by atoms with Gasteiger partial charge < -0.3 is 0 Å². The van der Waals surface area contributed by atoms with Crippen molar-refractivity contribution in [2.45, 2.75) is 0 Å². The molecule has 0 saturated heterocycles. The van der Waals surface area contributed by atoms with Crippen LogP contribution in [-0.4, -0.2) is 59.7 Å². The Labute approximate surface area is 96.2 Å². The Kier molecular flexibility index (Phi) is 14.6. The summed E-state index contributed by atoms with van der Waals surface area (Å²) >= 11 is -5.25. The van der Waals surface area contributed by atoms with Gasteiger partial charge in [-0.1, -0.05) is 0 Å². The van der Waals surface area contributed by atoms with E-state index >= 15 is 0 Å². The van der Waals surface area contributed by atoms with Crippen molar-refractivity contribution in [1.29, 1.82) is 0 Å². The van der Waals surface area contributed by atoms with Crippen molar-refractivity contribution >= 4 is 51.4 Å². The van der Waals surface area contributed by atoms with Gasteiger partial charge in [0, 0.05) is 17.4 Å². The molecule has 0 spiro atoms. The summed E-state index contributed by atoms with van der Waals surface area (Å²) in [6.07, 6.45) is 0. The molecule has 0 heterocycles. The van der Waals surface area contributed by atoms with Crippen molar-refractivity contribution in [3.05, 3.63) is 0 Å². The molecule has 7 heavy (non-hydrogen) atoms. The first-order chi connectivity index (χ1) is 2.00. The van der Waals surface area contributed by atoms with E-state index in [0.717, 1.165) is 0 Å². The normalized spacial score (nSPS) is 8.29. The van der Waals surface area contributed by atoms with Crippen LogP contribution in [0.5, 0.6) is 0 Å². The molecule has 0 atom stereocenters. The van der Waals surface area contributed by atoms with Crippen LogP contribution in [0.1, 0.15) is 0 Å². The third kappa shape index (κ3) is 64.5. The molecule has 4 nitrogen and oxygen atoms in total. The van der Waals surface area contributed by atoms with Crippen LogP contribution in [0.15, 0.2) is 0 Å². The molecule has 0 saturated carbocycles. The van der Waals surface area contributed by atoms with E-state index in [1.165, 1.54) is 0 Å². The van der Waals surface area contributed by atoms with Crippen molar-refractivity contribution in [2.24, 2.45) is 0 Å². The van der Waals surface area contributed by atoms with Gasteiger partial charge in [-0.15, -0.1) is 0 Å². The second kappa shape index (κ2) is 6.34. The number of hydrogen-bond donors (Lipinski definition) is 2. The molecule has 0 aromatic carbocycles. The summed E-state index contributed by atoms with van der Waals surface area (Å²) in [6.45, 7) is 0. The van der Waals surface area contributed by atoms with Crippen LogP contribution in [0, 0.1) is 0 Å². The van der Waals surface area contributed by atoms with E-state index in [0.29, 0.717) is 0 Å². The molecule has 0 bridgehead atoms. The van der Waals surface area contributed by atoms with E-state index in [1.807, 2.05) is 0 Å². The minimum atomic E-state index is -5.25. The fourth-order valence-electron chi connectivity index (χ4n) is 0. The third-order valence-electron chi connectivity index (χ3n) is 0. The van der Waals surface area contributed by atoms with Crippen LogP contribution in [0.4, 0.5) is 0 Å². The predicted molar refractivity (Wildman–Crippen MR) is 13.0 cm³/mol. The molecule has 0 aliphatic carbocycles. The summed E-state index contributed by atoms with van der Waals surface area (Å²) in [5.74, 6) is 0. The molecule has 0 rings (SSSR count). The predicted octanol–water partition coefficient (Wildman–Crippen LogP) is -2.01. The molecule has 0 aliphatic heterocycles. The van der Waals surface area contributed by atoms with Crippen LogP contribution in [-0.2, 0) is 38.6 Å². The Morgan fingerprint density at radius 1 is 1.14 bits per heavy atom. The zero-order valence-electron chi connectivity index (χ0n) is 2.53. The van der Waals surface area contributed by atoms with Gasteiger partial charge in [-0.25, -0.2) is 0 Å². The van der Waals surface area contributed by atoms with E-state index in [9.17, 15) is 0 Å². The van der Waals surface area contributed by atoms with Gasteiger partial charge in [-0.05, 0) is 0 Å². The zero-order chi connectivity index (χ0) is 4.50. The average molecular weight is 210 g/mol. The van der Waals surface area contributed by atoms with E-state index in [1.54, 1.807) is 0 Å². The molecule has 40 valence electrons. The maximum absolute atomic E-state index is 8.82. The van der Waals surface area contributed by atoms with Crippen LogP contribution in [0.2, 0.25) is 0 Å². The fraction of sp³-hybridized carbons (Fsp3) is 0. The molecule has 0 aromatic rings. The first-order valence-electron chi connectivity index (χ1n) is 0.698. The van der Waals surface area contributed by atoms with Crippen LogP contribution < -0.4 is 0 Å². The SMILES string of the molecule is [Cr].[KH].[O]=[Cr](=[O])([OH])[OH]. The van der Waals surface area contributed by atoms with Gasteiger partial charge >= 0.3 is 80.9 Å². The molecule has 0 aliphatic rings. The van der Waals surface area contributed by atoms with Crippen molar-refractivity contribution in [3.63, 3.8) is 0 Å². The Bertz CT molecular complexity index is 92.9. The molecule has 7 heteroatoms. The maximum atomic E-state index is 8.82. The molecular weight excluding hydrogens is 207 g/mol. The Morgan fingerprint density at radius 3 is 1.14 bits per heavy atom. The van der Waals surface area contributed by atoms with Gasteiger partial charge in [-0.3, -0.25) is 0 Å². The Hall–Kier alpha value is 2.22. The van der Waals surface area contributed by atoms with Gasteiger partial charge in [0.25, 0.3) is 0 Å². The van der Waals surface area contributed by atoms with Crippen molar-refractivity contribution in [3.8, 4) is 0 Å². The topological polar surface area (TPSA) is 74.6 Å². The van der Waals surface area contributed by atoms with Crippen molar-refractivity contribution in [1.82, 2.24) is 0 Å². The summed E-state index contributed by atoms with van der Waals surface area (Å²) in [4.78, 5) is 0. The standard InChI is InChI=1S/2Cr.K.2H2O.2O.H/h;;;2*1H2;;;/q;+2;;;;;;/p-2. The first kappa shape index (κ1) is 16.1. The fourth-order valence-corrected chi connectivity index (χ4v) is 0. The minimum absolute atomic E-state index is 0. The van der Waals surface area contributed by atoms with Gasteiger partial charge in [-0.2, -0.15) is 0 Å². The molecule has 0 amide bonds. The van der Waals surface area contributed by atoms with E-state index in [-0.39, 0.29) is 68.7 Å². The van der Waals surface area contributed by atoms with Crippen molar-refractivity contribution in [2.75, 3.05) is 0 Å². The summed E-state index contributed by atoms with van der Waals surface area (Å²) in [5.41, 5.74) is 0. The van der Waals surface area contributed by atoms with Gasteiger partial charge in [0.2, 0.25) is 0 Å². The molecule has 0 aromatic heterocycles. The van der Waals surface area contributed by atoms with Crippen LogP contribution >= 0.6 is 0 Å². The summed E-state index contributed by atoms with van der Waals surface area (Å²) in [7, 11) is 0. The summed E-state index contributed by atoms with van der Waals surface area (Å²) < 4.78 is 31.9. The number of rotatable bonds is 0. The second-order valence-corrected chi connectivity index (χ2v) is 1.85. The number of hydrogen-bond acceptors (Lipinski definition) is 2. The van der Waals surface area contributed by atoms with Crippen LogP contribution in [0.3, 0.4) is 0 Å². The molecule has 0 unspecified atom stereocenters. The summed E-state index contributed by atoms with van der Waals surface area (Å²) in [5, 5.41) is 0. The monoisotopic (exact) mass is 210 g/mol. The van der Waals surface area contributed by atoms with Gasteiger partial charge in [0.1, 0.15) is 0 Å². The quantitative estimate of drug-likeness (QED) is 0.453. The van der Waals surface area contributed by atoms with E-state index in [4.69, 9.17) is 15.9 Å². The Balaban J connectivity index is -0.0000000800. The van der Waals surface area contributed by atoms with Crippen LogP contribution in [0.25, 0.3) is 0 Å². The van der Waals surface area contributed by atoms with Crippen molar-refractivity contribution < 1.29 is 46.9 Å². The Morgan fingerprint density at radius 2 is 1.14 bits per heavy atom. The summed E-state index contributed by atoms with van der Waals surface area (Å²) in [6, 6.07) is 0. The molecular formula is H3Cr2KO4. The van der Waals surface area contributed by atoms with Gasteiger partial charge in [0.05, 0.1) is 0 Å².